The maximum absolute atomic E-state index is 11.6. The summed E-state index contributed by atoms with van der Waals surface area (Å²) in [6, 6.07) is 8.72. The van der Waals surface area contributed by atoms with E-state index < -0.39 is 5.97 Å². The Bertz CT molecular complexity index is 623. The van der Waals surface area contributed by atoms with Crippen molar-refractivity contribution >= 4 is 11.7 Å². The Hall–Kier alpha value is -1.75. The van der Waals surface area contributed by atoms with Crippen LogP contribution >= 0.6 is 0 Å². The van der Waals surface area contributed by atoms with Crippen LogP contribution in [-0.2, 0) is 4.79 Å². The molecule has 0 amide bonds. The van der Waals surface area contributed by atoms with Crippen molar-refractivity contribution in [1.29, 1.82) is 0 Å². The highest BCUT2D eigenvalue weighted by atomic mass is 16.5. The minimum Gasteiger partial charge on any atom is -0.495 e. The monoisotopic (exact) mass is 344 g/mol. The second kappa shape index (κ2) is 6.87. The minimum absolute atomic E-state index is 0.153. The molecule has 0 aromatic heterocycles. The first-order valence-electron chi connectivity index (χ1n) is 9.52. The van der Waals surface area contributed by atoms with Crippen molar-refractivity contribution in [2.45, 2.75) is 31.7 Å². The van der Waals surface area contributed by atoms with Gasteiger partial charge < -0.3 is 14.7 Å². The van der Waals surface area contributed by atoms with Crippen LogP contribution in [0.3, 0.4) is 0 Å². The first-order chi connectivity index (χ1) is 12.2. The van der Waals surface area contributed by atoms with Gasteiger partial charge in [-0.1, -0.05) is 12.1 Å². The van der Waals surface area contributed by atoms with Gasteiger partial charge in [-0.3, -0.25) is 9.69 Å². The fourth-order valence-corrected chi connectivity index (χ4v) is 4.78. The van der Waals surface area contributed by atoms with Gasteiger partial charge in [-0.2, -0.15) is 0 Å². The number of carboxylic acids is 1. The smallest absolute Gasteiger partial charge is 0.308 e. The van der Waals surface area contributed by atoms with Crippen LogP contribution < -0.4 is 9.64 Å². The molecule has 136 valence electrons. The third-order valence-electron chi connectivity index (χ3n) is 6.34. The molecule has 2 heterocycles. The van der Waals surface area contributed by atoms with Crippen molar-refractivity contribution in [3.63, 3.8) is 0 Å². The van der Waals surface area contributed by atoms with Gasteiger partial charge in [-0.25, -0.2) is 0 Å². The summed E-state index contributed by atoms with van der Waals surface area (Å²) < 4.78 is 5.50. The van der Waals surface area contributed by atoms with Crippen LogP contribution in [-0.4, -0.2) is 55.3 Å². The lowest BCUT2D eigenvalue weighted by atomic mass is 9.92. The zero-order chi connectivity index (χ0) is 17.4. The molecule has 5 nitrogen and oxygen atoms in total. The van der Waals surface area contributed by atoms with Crippen LogP contribution in [0.1, 0.15) is 25.7 Å². The van der Waals surface area contributed by atoms with Crippen molar-refractivity contribution in [1.82, 2.24) is 4.90 Å². The van der Waals surface area contributed by atoms with E-state index in [1.165, 1.54) is 18.5 Å². The Balaban J connectivity index is 1.38. The van der Waals surface area contributed by atoms with Crippen molar-refractivity contribution in [2.75, 3.05) is 38.2 Å². The molecule has 4 rings (SSSR count). The average molecular weight is 344 g/mol. The molecule has 2 saturated heterocycles. The van der Waals surface area contributed by atoms with E-state index in [0.717, 1.165) is 44.8 Å². The number of nitrogens with zero attached hydrogens (tertiary/aromatic N) is 2. The molecule has 2 atom stereocenters. The second-order valence-corrected chi connectivity index (χ2v) is 7.79. The topological polar surface area (TPSA) is 53.0 Å². The number of carbonyl (C=O) groups is 1. The molecule has 0 radical (unpaired) electrons. The lowest BCUT2D eigenvalue weighted by Crippen LogP contribution is -2.44. The van der Waals surface area contributed by atoms with Crippen molar-refractivity contribution in [2.24, 2.45) is 17.8 Å². The zero-order valence-corrected chi connectivity index (χ0v) is 14.9. The van der Waals surface area contributed by atoms with Gasteiger partial charge in [0.25, 0.3) is 0 Å². The summed E-state index contributed by atoms with van der Waals surface area (Å²) in [6.07, 6.45) is 4.66. The number of ether oxygens (including phenoxy) is 1. The molecule has 1 N–H and O–H groups in total. The number of benzene rings is 1. The second-order valence-electron chi connectivity index (χ2n) is 7.79. The highest BCUT2D eigenvalue weighted by molar-refractivity contribution is 5.71. The van der Waals surface area contributed by atoms with Crippen LogP contribution in [0.25, 0.3) is 0 Å². The molecule has 1 aliphatic carbocycles. The largest absolute Gasteiger partial charge is 0.495 e. The Labute approximate surface area is 149 Å². The number of piperidine rings is 1. The summed E-state index contributed by atoms with van der Waals surface area (Å²) in [5.74, 6) is 1.23. The van der Waals surface area contributed by atoms with E-state index in [-0.39, 0.29) is 5.92 Å². The van der Waals surface area contributed by atoms with E-state index in [2.05, 4.69) is 21.9 Å². The number of likely N-dealkylation sites (tertiary alicyclic amines) is 1. The van der Waals surface area contributed by atoms with E-state index in [4.69, 9.17) is 4.74 Å². The predicted molar refractivity (Wildman–Crippen MR) is 97.1 cm³/mol. The number of para-hydroxylation sites is 2. The van der Waals surface area contributed by atoms with Gasteiger partial charge in [0.2, 0.25) is 0 Å². The van der Waals surface area contributed by atoms with E-state index in [0.29, 0.717) is 17.9 Å². The molecule has 1 aromatic carbocycles. The Kier molecular flexibility index (Phi) is 4.59. The van der Waals surface area contributed by atoms with Gasteiger partial charge in [-0.05, 0) is 49.7 Å². The highest BCUT2D eigenvalue weighted by Crippen LogP contribution is 2.45. The highest BCUT2D eigenvalue weighted by Gasteiger charge is 2.47. The number of rotatable bonds is 5. The molecular weight excluding hydrogens is 316 g/mol. The van der Waals surface area contributed by atoms with E-state index in [1.54, 1.807) is 7.11 Å². The SMILES string of the molecule is COc1ccccc1N1CCC(N2C[C@@H](C(=O)O)[C@H](C3CC3)C2)CC1. The van der Waals surface area contributed by atoms with Crippen LogP contribution in [0.4, 0.5) is 5.69 Å². The fourth-order valence-electron chi connectivity index (χ4n) is 4.78. The third kappa shape index (κ3) is 3.34. The Morgan fingerprint density at radius 3 is 2.48 bits per heavy atom. The summed E-state index contributed by atoms with van der Waals surface area (Å²) >= 11 is 0. The van der Waals surface area contributed by atoms with Gasteiger partial charge in [0.1, 0.15) is 5.75 Å². The van der Waals surface area contributed by atoms with Gasteiger partial charge >= 0.3 is 5.97 Å². The molecule has 3 aliphatic rings. The summed E-state index contributed by atoms with van der Waals surface area (Å²) in [5.41, 5.74) is 1.17. The lowest BCUT2D eigenvalue weighted by molar-refractivity contribution is -0.142. The van der Waals surface area contributed by atoms with Crippen LogP contribution in [0.5, 0.6) is 5.75 Å². The van der Waals surface area contributed by atoms with E-state index in [9.17, 15) is 9.90 Å². The summed E-state index contributed by atoms with van der Waals surface area (Å²) in [6.45, 7) is 3.75. The number of carboxylic acid groups (broad SMARTS) is 1. The molecule has 5 heteroatoms. The number of methoxy groups -OCH3 is 1. The van der Waals surface area contributed by atoms with Crippen LogP contribution in [0.2, 0.25) is 0 Å². The summed E-state index contributed by atoms with van der Waals surface area (Å²) in [5, 5.41) is 9.58. The van der Waals surface area contributed by atoms with Gasteiger partial charge in [0.05, 0.1) is 18.7 Å². The predicted octanol–water partition coefficient (Wildman–Crippen LogP) is 2.71. The van der Waals surface area contributed by atoms with Crippen LogP contribution in [0, 0.1) is 17.8 Å². The molecule has 1 aromatic rings. The average Bonchev–Trinajstić information content (AvgIpc) is 3.39. The van der Waals surface area contributed by atoms with Crippen molar-refractivity contribution in [3.8, 4) is 5.75 Å². The standard InChI is InChI=1S/C20H28N2O3/c1-25-19-5-3-2-4-18(19)21-10-8-15(9-11-21)22-12-16(14-6-7-14)17(13-22)20(23)24/h2-5,14-17H,6-13H2,1H3,(H,23,24)/t16-,17+/m0/s1. The molecule has 0 unspecified atom stereocenters. The summed E-state index contributed by atoms with van der Waals surface area (Å²) in [4.78, 5) is 16.5. The Morgan fingerprint density at radius 2 is 1.84 bits per heavy atom. The van der Waals surface area contributed by atoms with Gasteiger partial charge in [-0.15, -0.1) is 0 Å². The third-order valence-corrected chi connectivity index (χ3v) is 6.34. The molecule has 1 saturated carbocycles. The number of aliphatic carboxylic acids is 1. The molecule has 3 fully saturated rings. The normalized spacial score (nSPS) is 28.3. The molecule has 0 bridgehead atoms. The van der Waals surface area contributed by atoms with Gasteiger partial charge in [0.15, 0.2) is 0 Å². The van der Waals surface area contributed by atoms with Gasteiger partial charge in [0, 0.05) is 32.2 Å². The maximum Gasteiger partial charge on any atom is 0.308 e. The summed E-state index contributed by atoms with van der Waals surface area (Å²) in [7, 11) is 1.72. The van der Waals surface area contributed by atoms with Crippen LogP contribution in [0.15, 0.2) is 24.3 Å². The minimum atomic E-state index is -0.592. The van der Waals surface area contributed by atoms with Crippen molar-refractivity contribution < 1.29 is 14.6 Å². The molecule has 2 aliphatic heterocycles. The lowest BCUT2D eigenvalue weighted by Gasteiger charge is -2.38. The molecule has 0 spiro atoms. The first-order valence-corrected chi connectivity index (χ1v) is 9.52. The quantitative estimate of drug-likeness (QED) is 0.890. The first kappa shape index (κ1) is 16.7. The number of hydrogen-bond acceptors (Lipinski definition) is 4. The number of anilines is 1. The molecule has 25 heavy (non-hydrogen) atoms. The van der Waals surface area contributed by atoms with E-state index >= 15 is 0 Å². The van der Waals surface area contributed by atoms with Crippen molar-refractivity contribution in [3.05, 3.63) is 24.3 Å². The Morgan fingerprint density at radius 1 is 1.12 bits per heavy atom. The number of hydrogen-bond donors (Lipinski definition) is 1. The molecular formula is C20H28N2O3. The zero-order valence-electron chi connectivity index (χ0n) is 14.9. The van der Waals surface area contributed by atoms with E-state index in [1.807, 2.05) is 12.1 Å². The maximum atomic E-state index is 11.6. The fraction of sp³-hybridized carbons (Fsp3) is 0.650.